The first kappa shape index (κ1) is 23.0. The molecule has 2 aliphatic heterocycles. The fourth-order valence-electron chi connectivity index (χ4n) is 4.19. The Morgan fingerprint density at radius 2 is 1.91 bits per heavy atom. The van der Waals surface area contributed by atoms with Crippen molar-refractivity contribution in [1.29, 1.82) is 0 Å². The van der Waals surface area contributed by atoms with Gasteiger partial charge in [-0.05, 0) is 25.0 Å². The highest BCUT2D eigenvalue weighted by atomic mass is 32.2. The molecule has 5 rings (SSSR count). The van der Waals surface area contributed by atoms with Gasteiger partial charge in [-0.2, -0.15) is 13.2 Å². The average molecular weight is 497 g/mol. The van der Waals surface area contributed by atoms with Gasteiger partial charge in [-0.15, -0.1) is 10.2 Å². The Bertz CT molecular complexity index is 1080. The highest BCUT2D eigenvalue weighted by Crippen LogP contribution is 2.42. The Hall–Kier alpha value is -2.80. The minimum atomic E-state index is -4.77. The van der Waals surface area contributed by atoms with Crippen molar-refractivity contribution < 1.29 is 27.5 Å². The molecule has 9 nitrogen and oxygen atoms in total. The molecule has 1 aromatic heterocycles. The van der Waals surface area contributed by atoms with E-state index in [1.165, 1.54) is 18.2 Å². The van der Waals surface area contributed by atoms with Crippen molar-refractivity contribution in [3.8, 4) is 0 Å². The maximum atomic E-state index is 13.9. The number of amides is 2. The van der Waals surface area contributed by atoms with Gasteiger partial charge in [-0.3, -0.25) is 19.1 Å². The largest absolute Gasteiger partial charge is 0.409 e. The number of hydrogen-bond acceptors (Lipinski definition) is 7. The van der Waals surface area contributed by atoms with E-state index in [2.05, 4.69) is 20.4 Å². The molecule has 0 radical (unpaired) electrons. The van der Waals surface area contributed by atoms with Gasteiger partial charge in [-0.25, -0.2) is 0 Å². The molecule has 34 heavy (non-hydrogen) atoms. The Labute approximate surface area is 197 Å². The quantitative estimate of drug-likeness (QED) is 0.637. The van der Waals surface area contributed by atoms with Gasteiger partial charge in [0.05, 0.1) is 36.8 Å². The van der Waals surface area contributed by atoms with Crippen molar-refractivity contribution in [1.82, 2.24) is 14.8 Å². The molecule has 1 saturated carbocycles. The molecule has 0 bridgehead atoms. The number of benzene rings is 1. The summed E-state index contributed by atoms with van der Waals surface area (Å²) in [5, 5.41) is 11.5. The summed E-state index contributed by atoms with van der Waals surface area (Å²) in [7, 11) is 0. The van der Waals surface area contributed by atoms with Gasteiger partial charge in [0, 0.05) is 19.1 Å². The molecular formula is C21H23F3N6O3S. The van der Waals surface area contributed by atoms with Crippen LogP contribution >= 0.6 is 11.8 Å². The van der Waals surface area contributed by atoms with Gasteiger partial charge in [0.2, 0.25) is 17.8 Å². The number of hydrogen-bond donors (Lipinski definition) is 1. The van der Waals surface area contributed by atoms with Crippen LogP contribution < -0.4 is 15.1 Å². The third kappa shape index (κ3) is 4.58. The number of ether oxygens (including phenoxy) is 1. The van der Waals surface area contributed by atoms with Gasteiger partial charge in [0.1, 0.15) is 6.04 Å². The highest BCUT2D eigenvalue weighted by Gasteiger charge is 2.49. The van der Waals surface area contributed by atoms with Crippen LogP contribution in [0.3, 0.4) is 0 Å². The van der Waals surface area contributed by atoms with Crippen molar-refractivity contribution >= 4 is 40.9 Å². The lowest BCUT2D eigenvalue weighted by molar-refractivity contribution is -0.157. The third-order valence-electron chi connectivity index (χ3n) is 5.95. The average Bonchev–Trinajstić information content (AvgIpc) is 3.59. The zero-order valence-electron chi connectivity index (χ0n) is 18.1. The number of carbonyl (C=O) groups excluding carboxylic acids is 2. The van der Waals surface area contributed by atoms with Crippen LogP contribution in [0.1, 0.15) is 25.3 Å². The van der Waals surface area contributed by atoms with Crippen molar-refractivity contribution in [3.63, 3.8) is 0 Å². The van der Waals surface area contributed by atoms with Crippen LogP contribution in [0.25, 0.3) is 0 Å². The molecule has 3 heterocycles. The van der Waals surface area contributed by atoms with Gasteiger partial charge in [-0.1, -0.05) is 23.9 Å². The number of aromatic nitrogens is 3. The summed E-state index contributed by atoms with van der Waals surface area (Å²) in [5.74, 6) is -1.12. The molecule has 1 saturated heterocycles. The van der Waals surface area contributed by atoms with Crippen LogP contribution in [-0.4, -0.2) is 70.9 Å². The molecular weight excluding hydrogens is 473 g/mol. The summed E-state index contributed by atoms with van der Waals surface area (Å²) in [6.07, 6.45) is -3.72. The molecule has 1 N–H and O–H groups in total. The predicted octanol–water partition coefficient (Wildman–Crippen LogP) is 2.85. The van der Waals surface area contributed by atoms with Crippen LogP contribution in [-0.2, 0) is 14.3 Å². The fourth-order valence-corrected chi connectivity index (χ4v) is 5.05. The Kier molecular flexibility index (Phi) is 6.15. The predicted molar refractivity (Wildman–Crippen MR) is 119 cm³/mol. The molecule has 13 heteroatoms. The minimum absolute atomic E-state index is 0.0268. The number of fused-ring (bicyclic) bond motifs is 1. The summed E-state index contributed by atoms with van der Waals surface area (Å²) in [4.78, 5) is 28.1. The normalized spacial score (nSPS) is 21.1. The molecule has 1 unspecified atom stereocenters. The fraction of sp³-hybridized carbons (Fsp3) is 0.524. The van der Waals surface area contributed by atoms with E-state index in [1.807, 2.05) is 4.57 Å². The summed E-state index contributed by atoms with van der Waals surface area (Å²) in [6.45, 7) is 2.51. The van der Waals surface area contributed by atoms with E-state index < -0.39 is 30.5 Å². The van der Waals surface area contributed by atoms with Crippen molar-refractivity contribution in [2.24, 2.45) is 0 Å². The lowest BCUT2D eigenvalue weighted by Crippen LogP contribution is -2.50. The summed E-state index contributed by atoms with van der Waals surface area (Å²) in [5.41, 5.74) is 0.201. The number of thioether (sulfide) groups is 1. The number of rotatable bonds is 5. The van der Waals surface area contributed by atoms with Crippen molar-refractivity contribution in [2.45, 2.75) is 42.7 Å². The van der Waals surface area contributed by atoms with Gasteiger partial charge < -0.3 is 15.0 Å². The lowest BCUT2D eigenvalue weighted by atomic mass is 10.1. The number of alkyl halides is 3. The second-order valence-corrected chi connectivity index (χ2v) is 9.30. The van der Waals surface area contributed by atoms with E-state index in [9.17, 15) is 22.8 Å². The Balaban J connectivity index is 1.40. The number of para-hydroxylation sites is 2. The molecule has 2 aromatic rings. The molecule has 2 fully saturated rings. The Morgan fingerprint density at radius 1 is 1.18 bits per heavy atom. The summed E-state index contributed by atoms with van der Waals surface area (Å²) >= 11 is 1.06. The van der Waals surface area contributed by atoms with Crippen molar-refractivity contribution in [2.75, 3.05) is 47.2 Å². The number of halogens is 3. The van der Waals surface area contributed by atoms with E-state index in [1.54, 1.807) is 6.07 Å². The van der Waals surface area contributed by atoms with E-state index in [0.717, 1.165) is 24.6 Å². The molecule has 182 valence electrons. The van der Waals surface area contributed by atoms with Gasteiger partial charge in [0.15, 0.2) is 5.16 Å². The van der Waals surface area contributed by atoms with Gasteiger partial charge >= 0.3 is 6.18 Å². The van der Waals surface area contributed by atoms with E-state index in [0.29, 0.717) is 42.3 Å². The second-order valence-electron chi connectivity index (χ2n) is 8.36. The molecule has 2 amide bonds. The zero-order chi connectivity index (χ0) is 23.9. The Morgan fingerprint density at radius 3 is 2.62 bits per heavy atom. The molecule has 0 spiro atoms. The SMILES string of the molecule is O=C1CC(C(F)(F)F)N(C(=O)CSc2nnc(N3CCOCC3)n2C2CC2)c2ccccc2N1. The number of nitrogens with one attached hydrogen (secondary N) is 1. The molecule has 1 atom stereocenters. The first-order chi connectivity index (χ1) is 16.3. The van der Waals surface area contributed by atoms with E-state index >= 15 is 0 Å². The maximum absolute atomic E-state index is 13.9. The highest BCUT2D eigenvalue weighted by molar-refractivity contribution is 7.99. The van der Waals surface area contributed by atoms with Gasteiger partial charge in [0.25, 0.3) is 0 Å². The van der Waals surface area contributed by atoms with Crippen LogP contribution in [0.2, 0.25) is 0 Å². The smallest absolute Gasteiger partial charge is 0.378 e. The third-order valence-corrected chi connectivity index (χ3v) is 6.88. The lowest BCUT2D eigenvalue weighted by Gasteiger charge is -2.31. The first-order valence-electron chi connectivity index (χ1n) is 11.0. The minimum Gasteiger partial charge on any atom is -0.378 e. The molecule has 3 aliphatic rings. The van der Waals surface area contributed by atoms with Crippen LogP contribution in [0.4, 0.5) is 30.5 Å². The van der Waals surface area contributed by atoms with E-state index in [4.69, 9.17) is 4.74 Å². The molecule has 1 aromatic carbocycles. The standard InChI is InChI=1S/C21H23F3N6O3S/c22-21(23,24)16-11-17(31)25-14-3-1-2-4-15(14)30(16)18(32)12-34-20-27-26-19(29(20)13-5-6-13)28-7-9-33-10-8-28/h1-4,13,16H,5-12H2,(H,25,31). The first-order valence-corrected chi connectivity index (χ1v) is 12.0. The number of carbonyl (C=O) groups is 2. The topological polar surface area (TPSA) is 92.6 Å². The second kappa shape index (κ2) is 9.10. The number of morpholine rings is 1. The van der Waals surface area contributed by atoms with Crippen LogP contribution in [0.5, 0.6) is 0 Å². The zero-order valence-corrected chi connectivity index (χ0v) is 18.9. The number of nitrogens with zero attached hydrogens (tertiary/aromatic N) is 5. The monoisotopic (exact) mass is 496 g/mol. The van der Waals surface area contributed by atoms with E-state index in [-0.39, 0.29) is 23.2 Å². The molecule has 1 aliphatic carbocycles. The maximum Gasteiger partial charge on any atom is 0.409 e. The number of anilines is 3. The van der Waals surface area contributed by atoms with Crippen molar-refractivity contribution in [3.05, 3.63) is 24.3 Å². The summed E-state index contributed by atoms with van der Waals surface area (Å²) in [6, 6.07) is 3.98. The van der Waals surface area contributed by atoms with Crippen LogP contribution in [0.15, 0.2) is 29.4 Å². The van der Waals surface area contributed by atoms with Crippen LogP contribution in [0, 0.1) is 0 Å². The summed E-state index contributed by atoms with van der Waals surface area (Å²) < 4.78 is 49.2.